The molecule has 22 heavy (non-hydrogen) atoms. The van der Waals surface area contributed by atoms with Crippen LogP contribution in [-0.4, -0.2) is 41.7 Å². The maximum atomic E-state index is 12.3. The minimum absolute atomic E-state index is 0. The molecule has 2 unspecified atom stereocenters. The Bertz CT molecular complexity index is 634. The van der Waals surface area contributed by atoms with Gasteiger partial charge in [0.05, 0.1) is 6.10 Å². The molecule has 3 rings (SSSR count). The van der Waals surface area contributed by atoms with Crippen molar-refractivity contribution in [3.63, 3.8) is 0 Å². The normalized spacial score (nSPS) is 20.0. The smallest absolute Gasteiger partial charge is 0.251 e. The van der Waals surface area contributed by atoms with Crippen LogP contribution >= 0.6 is 24.8 Å². The zero-order valence-electron chi connectivity index (χ0n) is 11.9. The van der Waals surface area contributed by atoms with Crippen LogP contribution in [0.25, 0.3) is 10.8 Å². The second-order valence-corrected chi connectivity index (χ2v) is 5.10. The molecule has 0 bridgehead atoms. The molecule has 0 aliphatic carbocycles. The van der Waals surface area contributed by atoms with Gasteiger partial charge in [-0.1, -0.05) is 12.1 Å². The van der Waals surface area contributed by atoms with Gasteiger partial charge in [-0.25, -0.2) is 0 Å². The van der Waals surface area contributed by atoms with Gasteiger partial charge in [0.1, 0.15) is 0 Å². The molecule has 120 valence electrons. The first-order valence-electron chi connectivity index (χ1n) is 6.75. The van der Waals surface area contributed by atoms with E-state index >= 15 is 0 Å². The summed E-state index contributed by atoms with van der Waals surface area (Å²) in [5, 5.41) is 17.6. The summed E-state index contributed by atoms with van der Waals surface area (Å²) in [6.45, 7) is 1.82. The summed E-state index contributed by atoms with van der Waals surface area (Å²) in [4.78, 5) is 16.3. The van der Waals surface area contributed by atoms with Gasteiger partial charge >= 0.3 is 0 Å². The molecule has 0 saturated carbocycles. The van der Waals surface area contributed by atoms with E-state index in [2.05, 4.69) is 15.6 Å². The molecule has 3 N–H and O–H groups in total. The number of pyridine rings is 1. The fraction of sp³-hybridized carbons (Fsp3) is 0.333. The maximum Gasteiger partial charge on any atom is 0.251 e. The number of aromatic nitrogens is 1. The predicted molar refractivity (Wildman–Crippen MR) is 90.9 cm³/mol. The van der Waals surface area contributed by atoms with Gasteiger partial charge in [-0.3, -0.25) is 9.78 Å². The average Bonchev–Trinajstić information content (AvgIpc) is 2.89. The Balaban J connectivity index is 0.00000121. The second-order valence-electron chi connectivity index (χ2n) is 5.10. The lowest BCUT2D eigenvalue weighted by molar-refractivity contribution is 0.0928. The van der Waals surface area contributed by atoms with Crippen LogP contribution in [0.2, 0.25) is 0 Å². The van der Waals surface area contributed by atoms with Crippen molar-refractivity contribution in [1.29, 1.82) is 0 Å². The van der Waals surface area contributed by atoms with E-state index in [0.717, 1.165) is 17.3 Å². The zero-order valence-corrected chi connectivity index (χ0v) is 13.5. The van der Waals surface area contributed by atoms with Crippen LogP contribution in [0.1, 0.15) is 10.4 Å². The van der Waals surface area contributed by atoms with Crippen LogP contribution in [-0.2, 0) is 0 Å². The number of hydrogen-bond acceptors (Lipinski definition) is 4. The molecule has 0 spiro atoms. The topological polar surface area (TPSA) is 74.2 Å². The fourth-order valence-corrected chi connectivity index (χ4v) is 2.57. The van der Waals surface area contributed by atoms with Crippen molar-refractivity contribution in [3.8, 4) is 0 Å². The molecular formula is C15H19Cl2N3O2. The van der Waals surface area contributed by atoms with E-state index in [0.29, 0.717) is 18.7 Å². The van der Waals surface area contributed by atoms with Gasteiger partial charge in [0.25, 0.3) is 5.91 Å². The van der Waals surface area contributed by atoms with Crippen LogP contribution in [0.15, 0.2) is 36.7 Å². The highest BCUT2D eigenvalue weighted by molar-refractivity contribution is 6.06. The number of nitrogens with zero attached hydrogens (tertiary/aromatic N) is 1. The maximum absolute atomic E-state index is 12.3. The van der Waals surface area contributed by atoms with Crippen LogP contribution in [0.5, 0.6) is 0 Å². The lowest BCUT2D eigenvalue weighted by Gasteiger charge is -2.14. The Morgan fingerprint density at radius 2 is 2.14 bits per heavy atom. The predicted octanol–water partition coefficient (Wildman–Crippen LogP) is 1.39. The second kappa shape index (κ2) is 8.29. The summed E-state index contributed by atoms with van der Waals surface area (Å²) in [7, 11) is 0. The zero-order chi connectivity index (χ0) is 13.9. The molecule has 2 heterocycles. The fourth-order valence-electron chi connectivity index (χ4n) is 2.57. The number of amides is 1. The molecular weight excluding hydrogens is 325 g/mol. The van der Waals surface area contributed by atoms with E-state index in [-0.39, 0.29) is 42.7 Å². The summed E-state index contributed by atoms with van der Waals surface area (Å²) < 4.78 is 0. The number of nitrogens with one attached hydrogen (secondary N) is 2. The van der Waals surface area contributed by atoms with Crippen molar-refractivity contribution in [2.45, 2.75) is 6.10 Å². The summed E-state index contributed by atoms with van der Waals surface area (Å²) in [6, 6.07) is 7.44. The quantitative estimate of drug-likeness (QED) is 0.787. The number of rotatable bonds is 3. The van der Waals surface area contributed by atoms with Gasteiger partial charge in [0.2, 0.25) is 0 Å². The monoisotopic (exact) mass is 343 g/mol. The molecule has 5 nitrogen and oxygen atoms in total. The highest BCUT2D eigenvalue weighted by Gasteiger charge is 2.25. The molecule has 1 aromatic heterocycles. The first-order valence-corrected chi connectivity index (χ1v) is 6.75. The van der Waals surface area contributed by atoms with Gasteiger partial charge in [0, 0.05) is 48.9 Å². The molecule has 1 fully saturated rings. The number of fused-ring (bicyclic) bond motifs is 1. The number of β-amino-alcohol motifs (C(OH)–C–C–N with tert-alkyl or cyclic N) is 1. The van der Waals surface area contributed by atoms with Crippen molar-refractivity contribution in [3.05, 3.63) is 42.2 Å². The van der Waals surface area contributed by atoms with Crippen molar-refractivity contribution in [2.24, 2.45) is 5.92 Å². The van der Waals surface area contributed by atoms with Gasteiger partial charge in [-0.05, 0) is 17.5 Å². The molecule has 0 radical (unpaired) electrons. The van der Waals surface area contributed by atoms with Gasteiger partial charge < -0.3 is 15.7 Å². The molecule has 1 aromatic carbocycles. The number of carbonyl (C=O) groups is 1. The van der Waals surface area contributed by atoms with Crippen LogP contribution in [0.4, 0.5) is 0 Å². The molecule has 1 saturated heterocycles. The minimum atomic E-state index is -0.382. The number of hydrogen-bond donors (Lipinski definition) is 3. The Kier molecular flexibility index (Phi) is 7.03. The third kappa shape index (κ3) is 3.87. The van der Waals surface area contributed by atoms with E-state index in [1.165, 1.54) is 0 Å². The van der Waals surface area contributed by atoms with Gasteiger partial charge in [-0.15, -0.1) is 24.8 Å². The molecule has 1 aliphatic rings. The van der Waals surface area contributed by atoms with E-state index in [1.54, 1.807) is 18.5 Å². The van der Waals surface area contributed by atoms with Gasteiger partial charge in [0.15, 0.2) is 0 Å². The third-order valence-corrected chi connectivity index (χ3v) is 3.75. The van der Waals surface area contributed by atoms with E-state index in [9.17, 15) is 9.90 Å². The summed E-state index contributed by atoms with van der Waals surface area (Å²) in [5.74, 6) is -0.0310. The molecule has 1 amide bonds. The molecule has 7 heteroatoms. The lowest BCUT2D eigenvalue weighted by atomic mass is 10.0. The highest BCUT2D eigenvalue weighted by Crippen LogP contribution is 2.17. The van der Waals surface area contributed by atoms with Crippen LogP contribution < -0.4 is 10.6 Å². The van der Waals surface area contributed by atoms with E-state index in [1.807, 2.05) is 18.2 Å². The largest absolute Gasteiger partial charge is 0.391 e. The Morgan fingerprint density at radius 1 is 1.32 bits per heavy atom. The number of aliphatic hydroxyl groups excluding tert-OH is 1. The highest BCUT2D eigenvalue weighted by atomic mass is 35.5. The lowest BCUT2D eigenvalue weighted by Crippen LogP contribution is -2.34. The van der Waals surface area contributed by atoms with Crippen molar-refractivity contribution < 1.29 is 9.90 Å². The standard InChI is InChI=1S/C15H17N3O2.2ClH/c19-14-9-17-7-11(14)8-18-15(20)13-3-1-2-10-6-16-5-4-12(10)13;;/h1-6,11,14,17,19H,7-9H2,(H,18,20);2*1H. The van der Waals surface area contributed by atoms with Crippen molar-refractivity contribution in [2.75, 3.05) is 19.6 Å². The van der Waals surface area contributed by atoms with E-state index in [4.69, 9.17) is 0 Å². The summed E-state index contributed by atoms with van der Waals surface area (Å²) in [5.41, 5.74) is 0.644. The summed E-state index contributed by atoms with van der Waals surface area (Å²) in [6.07, 6.45) is 3.05. The Hall–Kier alpha value is -1.40. The first kappa shape index (κ1) is 18.6. The third-order valence-electron chi connectivity index (χ3n) is 3.75. The molecule has 2 aromatic rings. The van der Waals surface area contributed by atoms with Crippen LogP contribution in [0, 0.1) is 5.92 Å². The van der Waals surface area contributed by atoms with Crippen molar-refractivity contribution >= 4 is 41.5 Å². The Morgan fingerprint density at radius 3 is 2.86 bits per heavy atom. The van der Waals surface area contributed by atoms with E-state index < -0.39 is 0 Å². The summed E-state index contributed by atoms with van der Waals surface area (Å²) >= 11 is 0. The van der Waals surface area contributed by atoms with Crippen LogP contribution in [0.3, 0.4) is 0 Å². The SMILES string of the molecule is Cl.Cl.O=C(NCC1CNCC1O)c1cccc2cnccc12. The average molecular weight is 344 g/mol. The number of halogens is 2. The Labute approximate surface area is 141 Å². The number of aliphatic hydroxyl groups is 1. The van der Waals surface area contributed by atoms with Gasteiger partial charge in [-0.2, -0.15) is 0 Å². The minimum Gasteiger partial charge on any atom is -0.391 e. The van der Waals surface area contributed by atoms with Crippen molar-refractivity contribution in [1.82, 2.24) is 15.6 Å². The first-order chi connectivity index (χ1) is 9.75. The number of benzene rings is 1. The molecule has 1 aliphatic heterocycles. The number of carbonyl (C=O) groups excluding carboxylic acids is 1. The molecule has 2 atom stereocenters.